The lowest BCUT2D eigenvalue weighted by molar-refractivity contribution is -0.115. The Bertz CT molecular complexity index is 1570. The monoisotopic (exact) mass is 651 g/mol. The van der Waals surface area contributed by atoms with Crippen molar-refractivity contribution >= 4 is 79.4 Å². The number of ether oxygens (including phenoxy) is 4. The second-order valence-electron chi connectivity index (χ2n) is 8.66. The zero-order valence-corrected chi connectivity index (χ0v) is 26.9. The number of nitrogens with one attached hydrogen (secondary N) is 1. The molecule has 0 radical (unpaired) electrons. The molecule has 0 unspecified atom stereocenters. The Kier molecular flexibility index (Phi) is 12.9. The van der Waals surface area contributed by atoms with Crippen LogP contribution in [0.15, 0.2) is 23.2 Å². The van der Waals surface area contributed by atoms with Crippen molar-refractivity contribution in [3.8, 4) is 0 Å². The van der Waals surface area contributed by atoms with E-state index in [1.807, 2.05) is 11.5 Å². The number of thiazole rings is 1. The summed E-state index contributed by atoms with van der Waals surface area (Å²) in [4.78, 5) is 67.3. The highest BCUT2D eigenvalue weighted by Crippen LogP contribution is 2.34. The van der Waals surface area contributed by atoms with Crippen LogP contribution in [-0.4, -0.2) is 79.3 Å². The van der Waals surface area contributed by atoms with Crippen LogP contribution in [0.2, 0.25) is 0 Å². The summed E-state index contributed by atoms with van der Waals surface area (Å²) in [6.07, 6.45) is 0. The van der Waals surface area contributed by atoms with E-state index < -0.39 is 29.7 Å². The Labute approximate surface area is 260 Å². The number of rotatable bonds is 14. The topological polar surface area (TPSA) is 152 Å². The summed E-state index contributed by atoms with van der Waals surface area (Å²) in [5, 5.41) is 2.83. The van der Waals surface area contributed by atoms with Gasteiger partial charge < -0.3 is 28.8 Å². The molecule has 0 aliphatic rings. The number of aromatic nitrogens is 1. The third-order valence-corrected chi connectivity index (χ3v) is 8.93. The lowest BCUT2D eigenvalue weighted by atomic mass is 10.1. The van der Waals surface area contributed by atoms with Crippen molar-refractivity contribution in [3.63, 3.8) is 0 Å². The van der Waals surface area contributed by atoms with Gasteiger partial charge in [-0.1, -0.05) is 11.3 Å². The molecule has 0 spiro atoms. The minimum atomic E-state index is -0.664. The van der Waals surface area contributed by atoms with Crippen molar-refractivity contribution in [1.82, 2.24) is 4.57 Å². The van der Waals surface area contributed by atoms with Crippen LogP contribution < -0.4 is 10.1 Å². The first-order chi connectivity index (χ1) is 20.6. The summed E-state index contributed by atoms with van der Waals surface area (Å²) in [6.45, 7) is 8.47. The molecule has 0 saturated carbocycles. The molecule has 2 amide bonds. The molecule has 232 valence electrons. The molecule has 0 fully saturated rings. The quantitative estimate of drug-likeness (QED) is 0.154. The van der Waals surface area contributed by atoms with E-state index in [4.69, 9.17) is 18.9 Å². The van der Waals surface area contributed by atoms with Crippen LogP contribution in [0.1, 0.15) is 56.7 Å². The predicted octanol–water partition coefficient (Wildman–Crippen LogP) is 4.05. The van der Waals surface area contributed by atoms with E-state index >= 15 is 0 Å². The minimum absolute atomic E-state index is 0.0805. The molecule has 43 heavy (non-hydrogen) atoms. The Balaban J connectivity index is 1.74. The van der Waals surface area contributed by atoms with E-state index in [-0.39, 0.29) is 40.2 Å². The van der Waals surface area contributed by atoms with Gasteiger partial charge in [0.05, 0.1) is 59.8 Å². The summed E-state index contributed by atoms with van der Waals surface area (Å²) in [6, 6.07) is 5.11. The second-order valence-corrected chi connectivity index (χ2v) is 11.7. The molecule has 2 aromatic heterocycles. The standard InChI is InChI=1S/C28H33N3O9S3/c1-6-38-12-11-31-18-10-9-17(25(34)37-5)13-19(18)42-28(31)30-21(33)15-41-14-20(32)29-24-22(26(35)39-7-2)16(4)23(43-24)27(36)40-8-3/h9-10,13H,6-8,11-12,14-15H2,1-5H3,(H,29,32). The van der Waals surface area contributed by atoms with Crippen molar-refractivity contribution < 1.29 is 42.9 Å². The first-order valence-corrected chi connectivity index (χ1v) is 16.2. The SMILES string of the molecule is CCOCCn1c(=NC(=O)CSCC(=O)Nc2sc(C(=O)OCC)c(C)c2C(=O)OCC)sc2cc(C(=O)OC)ccc21. The lowest BCUT2D eigenvalue weighted by Gasteiger charge is -2.07. The maximum atomic E-state index is 12.8. The van der Waals surface area contributed by atoms with E-state index in [0.717, 1.165) is 33.3 Å². The van der Waals surface area contributed by atoms with Gasteiger partial charge in [0, 0.05) is 13.2 Å². The number of carbonyl (C=O) groups excluding carboxylic acids is 5. The number of methoxy groups -OCH3 is 1. The smallest absolute Gasteiger partial charge is 0.348 e. The second kappa shape index (κ2) is 16.4. The molecule has 3 aromatic rings. The number of hydrogen-bond donors (Lipinski definition) is 1. The van der Waals surface area contributed by atoms with Gasteiger partial charge in [0.2, 0.25) is 5.91 Å². The predicted molar refractivity (Wildman–Crippen MR) is 165 cm³/mol. The normalized spacial score (nSPS) is 11.4. The van der Waals surface area contributed by atoms with E-state index in [9.17, 15) is 24.0 Å². The minimum Gasteiger partial charge on any atom is -0.465 e. The van der Waals surface area contributed by atoms with E-state index in [2.05, 4.69) is 10.3 Å². The third-order valence-electron chi connectivity index (χ3n) is 5.79. The summed E-state index contributed by atoms with van der Waals surface area (Å²) in [7, 11) is 1.31. The van der Waals surface area contributed by atoms with Gasteiger partial charge in [0.25, 0.3) is 5.91 Å². The number of thioether (sulfide) groups is 1. The van der Waals surface area contributed by atoms with Crippen LogP contribution in [0.4, 0.5) is 5.00 Å². The first kappa shape index (κ1) is 34.0. The Morgan fingerprint density at radius 1 is 0.953 bits per heavy atom. The van der Waals surface area contributed by atoms with Gasteiger partial charge in [-0.25, -0.2) is 14.4 Å². The summed E-state index contributed by atoms with van der Waals surface area (Å²) in [5.41, 5.74) is 1.63. The fourth-order valence-electron chi connectivity index (χ4n) is 3.89. The molecule has 3 rings (SSSR count). The largest absolute Gasteiger partial charge is 0.465 e. The van der Waals surface area contributed by atoms with Gasteiger partial charge in [-0.3, -0.25) is 9.59 Å². The van der Waals surface area contributed by atoms with E-state index in [0.29, 0.717) is 35.7 Å². The number of fused-ring (bicyclic) bond motifs is 1. The average molecular weight is 652 g/mol. The van der Waals surface area contributed by atoms with Gasteiger partial charge in [-0.15, -0.1) is 23.1 Å². The number of anilines is 1. The number of carbonyl (C=O) groups is 5. The zero-order chi connectivity index (χ0) is 31.5. The first-order valence-electron chi connectivity index (χ1n) is 13.4. The Hall–Kier alpha value is -3.53. The molecule has 0 aliphatic heterocycles. The van der Waals surface area contributed by atoms with Gasteiger partial charge in [-0.2, -0.15) is 4.99 Å². The molecule has 1 N–H and O–H groups in total. The molecule has 0 saturated heterocycles. The molecule has 1 aromatic carbocycles. The maximum absolute atomic E-state index is 12.8. The number of benzene rings is 1. The van der Waals surface area contributed by atoms with Crippen molar-refractivity contribution in [2.45, 2.75) is 34.2 Å². The Morgan fingerprint density at radius 2 is 1.67 bits per heavy atom. The zero-order valence-electron chi connectivity index (χ0n) is 24.5. The molecule has 2 heterocycles. The number of hydrogen-bond acceptors (Lipinski definition) is 12. The molecule has 0 bridgehead atoms. The van der Waals surface area contributed by atoms with Crippen molar-refractivity contribution in [2.24, 2.45) is 4.99 Å². The van der Waals surface area contributed by atoms with E-state index in [1.165, 1.54) is 18.4 Å². The van der Waals surface area contributed by atoms with Gasteiger partial charge in [0.15, 0.2) is 4.80 Å². The third kappa shape index (κ3) is 8.75. The fourth-order valence-corrected chi connectivity index (χ4v) is 6.71. The van der Waals surface area contributed by atoms with Gasteiger partial charge in [0.1, 0.15) is 9.88 Å². The van der Waals surface area contributed by atoms with Crippen LogP contribution in [0.25, 0.3) is 10.2 Å². The lowest BCUT2D eigenvalue weighted by Crippen LogP contribution is -2.20. The summed E-state index contributed by atoms with van der Waals surface area (Å²) >= 11 is 3.24. The highest BCUT2D eigenvalue weighted by molar-refractivity contribution is 8.00. The van der Waals surface area contributed by atoms with Crippen LogP contribution in [0.3, 0.4) is 0 Å². The summed E-state index contributed by atoms with van der Waals surface area (Å²) in [5.74, 6) is -2.83. The van der Waals surface area contributed by atoms with Crippen LogP contribution in [-0.2, 0) is 35.1 Å². The molecule has 0 atom stereocenters. The van der Waals surface area contributed by atoms with Crippen molar-refractivity contribution in [3.05, 3.63) is 44.6 Å². The van der Waals surface area contributed by atoms with Crippen molar-refractivity contribution in [2.75, 3.05) is 50.4 Å². The van der Waals surface area contributed by atoms with Crippen LogP contribution in [0, 0.1) is 6.92 Å². The molecule has 12 nitrogen and oxygen atoms in total. The number of thiophene rings is 1. The van der Waals surface area contributed by atoms with Crippen LogP contribution >= 0.6 is 34.4 Å². The molecular formula is C28H33N3O9S3. The van der Waals surface area contributed by atoms with Gasteiger partial charge >= 0.3 is 17.9 Å². The Morgan fingerprint density at radius 3 is 2.35 bits per heavy atom. The fraction of sp³-hybridized carbons (Fsp3) is 0.429. The number of nitrogens with zero attached hydrogens (tertiary/aromatic N) is 2. The van der Waals surface area contributed by atoms with Crippen LogP contribution in [0.5, 0.6) is 0 Å². The molecule has 15 heteroatoms. The van der Waals surface area contributed by atoms with Gasteiger partial charge in [-0.05, 0) is 51.5 Å². The van der Waals surface area contributed by atoms with E-state index in [1.54, 1.807) is 39.0 Å². The highest BCUT2D eigenvalue weighted by atomic mass is 32.2. The number of esters is 3. The van der Waals surface area contributed by atoms with Crippen molar-refractivity contribution in [1.29, 1.82) is 0 Å². The maximum Gasteiger partial charge on any atom is 0.348 e. The number of amides is 2. The summed E-state index contributed by atoms with van der Waals surface area (Å²) < 4.78 is 23.1. The average Bonchev–Trinajstić information content (AvgIpc) is 3.48. The molecular weight excluding hydrogens is 619 g/mol. The highest BCUT2D eigenvalue weighted by Gasteiger charge is 2.27. The molecule has 0 aliphatic carbocycles.